The molecule has 4 rings (SSSR count). The Labute approximate surface area is 152 Å². The molecule has 9 nitrogen and oxygen atoms in total. The SMILES string of the molecule is Nc1nn(C2CCN(C(=O)O)CC2)c2cc(-c3cccc(F)c3O)nnc12. The minimum Gasteiger partial charge on any atom is -0.504 e. The molecule has 0 atom stereocenters. The number of nitrogens with two attached hydrogens (primary N) is 1. The maximum atomic E-state index is 13.7. The molecule has 0 radical (unpaired) electrons. The summed E-state index contributed by atoms with van der Waals surface area (Å²) in [6, 6.07) is 5.79. The van der Waals surface area contributed by atoms with Crippen molar-refractivity contribution in [1.29, 1.82) is 0 Å². The molecule has 1 aliphatic rings. The van der Waals surface area contributed by atoms with Crippen molar-refractivity contribution in [1.82, 2.24) is 24.9 Å². The number of aromatic hydroxyl groups is 1. The number of carboxylic acid groups (broad SMARTS) is 1. The standard InChI is InChI=1S/C17H17FN6O3/c18-11-3-1-2-10(15(11)25)12-8-13-14(21-20-12)16(19)22-24(13)9-4-6-23(7-5-9)17(26)27/h1-3,8-9,25H,4-7H2,(H2,19,22)(H,26,27). The van der Waals surface area contributed by atoms with Gasteiger partial charge in [0.25, 0.3) is 0 Å². The average Bonchev–Trinajstić information content (AvgIpc) is 3.00. The molecule has 0 unspecified atom stereocenters. The van der Waals surface area contributed by atoms with E-state index >= 15 is 0 Å². The maximum absolute atomic E-state index is 13.7. The monoisotopic (exact) mass is 372 g/mol. The van der Waals surface area contributed by atoms with E-state index in [0.29, 0.717) is 42.7 Å². The lowest BCUT2D eigenvalue weighted by molar-refractivity contribution is 0.124. The van der Waals surface area contributed by atoms with Gasteiger partial charge in [-0.3, -0.25) is 4.68 Å². The number of carbonyl (C=O) groups is 1. The second-order valence-corrected chi connectivity index (χ2v) is 6.43. The molecule has 1 aromatic carbocycles. The van der Waals surface area contributed by atoms with Crippen LogP contribution in [0.4, 0.5) is 15.0 Å². The largest absolute Gasteiger partial charge is 0.504 e. The van der Waals surface area contributed by atoms with Crippen molar-refractivity contribution < 1.29 is 19.4 Å². The summed E-state index contributed by atoms with van der Waals surface area (Å²) < 4.78 is 15.4. The van der Waals surface area contributed by atoms with Gasteiger partial charge in [-0.05, 0) is 31.0 Å². The molecule has 0 bridgehead atoms. The van der Waals surface area contributed by atoms with Crippen molar-refractivity contribution in [3.63, 3.8) is 0 Å². The van der Waals surface area contributed by atoms with Crippen molar-refractivity contribution >= 4 is 22.9 Å². The second-order valence-electron chi connectivity index (χ2n) is 6.43. The third-order valence-electron chi connectivity index (χ3n) is 4.82. The van der Waals surface area contributed by atoms with Crippen molar-refractivity contribution in [3.8, 4) is 17.0 Å². The third kappa shape index (κ3) is 2.88. The van der Waals surface area contributed by atoms with Crippen LogP contribution in [-0.4, -0.2) is 54.3 Å². The molecular weight excluding hydrogens is 355 g/mol. The Morgan fingerprint density at radius 1 is 1.26 bits per heavy atom. The zero-order valence-electron chi connectivity index (χ0n) is 14.2. The number of benzene rings is 1. The first-order chi connectivity index (χ1) is 13.0. The fraction of sp³-hybridized carbons (Fsp3) is 0.294. The molecular formula is C17H17FN6O3. The molecule has 4 N–H and O–H groups in total. The van der Waals surface area contributed by atoms with Gasteiger partial charge in [-0.1, -0.05) is 6.07 Å². The van der Waals surface area contributed by atoms with Crippen LogP contribution in [0.25, 0.3) is 22.3 Å². The molecule has 3 heterocycles. The number of aromatic nitrogens is 4. The summed E-state index contributed by atoms with van der Waals surface area (Å²) >= 11 is 0. The molecule has 1 amide bonds. The number of nitrogen functional groups attached to an aromatic ring is 1. The van der Waals surface area contributed by atoms with Gasteiger partial charge >= 0.3 is 6.09 Å². The highest BCUT2D eigenvalue weighted by Gasteiger charge is 2.26. The zero-order chi connectivity index (χ0) is 19.1. The van der Waals surface area contributed by atoms with Crippen LogP contribution in [0.5, 0.6) is 5.75 Å². The van der Waals surface area contributed by atoms with Crippen LogP contribution < -0.4 is 5.73 Å². The summed E-state index contributed by atoms with van der Waals surface area (Å²) in [5, 5.41) is 31.5. The first-order valence-electron chi connectivity index (χ1n) is 8.43. The quantitative estimate of drug-likeness (QED) is 0.629. The molecule has 140 valence electrons. The number of amides is 1. The molecule has 0 saturated carbocycles. The Bertz CT molecular complexity index is 1030. The lowest BCUT2D eigenvalue weighted by atomic mass is 10.1. The van der Waals surface area contributed by atoms with Gasteiger partial charge in [-0.2, -0.15) is 5.10 Å². The highest BCUT2D eigenvalue weighted by molar-refractivity contribution is 5.87. The van der Waals surface area contributed by atoms with Gasteiger partial charge in [0, 0.05) is 18.7 Å². The summed E-state index contributed by atoms with van der Waals surface area (Å²) in [6.07, 6.45) is 0.240. The van der Waals surface area contributed by atoms with Crippen LogP contribution in [0.2, 0.25) is 0 Å². The summed E-state index contributed by atoms with van der Waals surface area (Å²) in [4.78, 5) is 12.4. The van der Waals surface area contributed by atoms with Crippen molar-refractivity contribution in [2.24, 2.45) is 0 Å². The Kier molecular flexibility index (Phi) is 4.02. The smallest absolute Gasteiger partial charge is 0.407 e. The number of nitrogens with zero attached hydrogens (tertiary/aromatic N) is 5. The number of piperidine rings is 1. The highest BCUT2D eigenvalue weighted by Crippen LogP contribution is 2.33. The van der Waals surface area contributed by atoms with Crippen LogP contribution in [0.1, 0.15) is 18.9 Å². The Morgan fingerprint density at radius 3 is 2.70 bits per heavy atom. The summed E-state index contributed by atoms with van der Waals surface area (Å²) in [5.41, 5.74) is 7.49. The molecule has 1 fully saturated rings. The van der Waals surface area contributed by atoms with E-state index in [1.165, 1.54) is 11.0 Å². The third-order valence-corrected chi connectivity index (χ3v) is 4.82. The first kappa shape index (κ1) is 17.0. The fourth-order valence-corrected chi connectivity index (χ4v) is 3.39. The normalized spacial score (nSPS) is 15.4. The van der Waals surface area contributed by atoms with E-state index in [1.54, 1.807) is 16.8 Å². The maximum Gasteiger partial charge on any atom is 0.407 e. The van der Waals surface area contributed by atoms with Gasteiger partial charge < -0.3 is 20.8 Å². The van der Waals surface area contributed by atoms with Crippen molar-refractivity contribution in [2.45, 2.75) is 18.9 Å². The molecule has 1 saturated heterocycles. The van der Waals surface area contributed by atoms with Gasteiger partial charge in [-0.25, -0.2) is 9.18 Å². The van der Waals surface area contributed by atoms with Crippen LogP contribution in [0.15, 0.2) is 24.3 Å². The lowest BCUT2D eigenvalue weighted by Gasteiger charge is -2.30. The predicted molar refractivity (Wildman–Crippen MR) is 94.7 cm³/mol. The Hall–Kier alpha value is -3.43. The Balaban J connectivity index is 1.74. The predicted octanol–water partition coefficient (Wildman–Crippen LogP) is 2.24. The highest BCUT2D eigenvalue weighted by atomic mass is 19.1. The van der Waals surface area contributed by atoms with E-state index in [2.05, 4.69) is 15.3 Å². The summed E-state index contributed by atoms with van der Waals surface area (Å²) in [7, 11) is 0. The minimum atomic E-state index is -0.937. The van der Waals surface area contributed by atoms with Crippen LogP contribution in [0, 0.1) is 5.82 Å². The molecule has 0 aliphatic carbocycles. The van der Waals surface area contributed by atoms with Crippen LogP contribution in [-0.2, 0) is 0 Å². The number of anilines is 1. The number of phenols is 1. The first-order valence-corrected chi connectivity index (χ1v) is 8.43. The molecule has 1 aliphatic heterocycles. The summed E-state index contributed by atoms with van der Waals surface area (Å²) in [6.45, 7) is 0.800. The zero-order valence-corrected chi connectivity index (χ0v) is 14.2. The molecule has 3 aromatic rings. The van der Waals surface area contributed by atoms with Crippen LogP contribution in [0.3, 0.4) is 0 Å². The number of para-hydroxylation sites is 1. The van der Waals surface area contributed by atoms with Gasteiger partial charge in [0.15, 0.2) is 22.9 Å². The fourth-order valence-electron chi connectivity index (χ4n) is 3.39. The van der Waals surface area contributed by atoms with Crippen molar-refractivity contribution in [3.05, 3.63) is 30.1 Å². The number of rotatable bonds is 2. The van der Waals surface area contributed by atoms with Gasteiger partial charge in [0.2, 0.25) is 0 Å². The van der Waals surface area contributed by atoms with E-state index in [1.807, 2.05) is 0 Å². The summed E-state index contributed by atoms with van der Waals surface area (Å²) in [5.74, 6) is -1.03. The topological polar surface area (TPSA) is 130 Å². The number of likely N-dealkylation sites (tertiary alicyclic amines) is 1. The molecule has 0 spiro atoms. The molecule has 2 aromatic heterocycles. The van der Waals surface area contributed by atoms with E-state index in [0.717, 1.165) is 6.07 Å². The van der Waals surface area contributed by atoms with E-state index in [9.17, 15) is 14.3 Å². The number of hydrogen-bond acceptors (Lipinski definition) is 6. The van der Waals surface area contributed by atoms with E-state index < -0.39 is 17.7 Å². The van der Waals surface area contributed by atoms with E-state index in [-0.39, 0.29) is 17.4 Å². The number of halogens is 1. The molecule has 27 heavy (non-hydrogen) atoms. The van der Waals surface area contributed by atoms with E-state index in [4.69, 9.17) is 10.8 Å². The number of fused-ring (bicyclic) bond motifs is 1. The average molecular weight is 372 g/mol. The lowest BCUT2D eigenvalue weighted by Crippen LogP contribution is -2.38. The van der Waals surface area contributed by atoms with Gasteiger partial charge in [0.1, 0.15) is 0 Å². The molecule has 10 heteroatoms. The Morgan fingerprint density at radius 2 is 2.00 bits per heavy atom. The van der Waals surface area contributed by atoms with Gasteiger partial charge in [0.05, 0.1) is 17.3 Å². The van der Waals surface area contributed by atoms with Crippen molar-refractivity contribution in [2.75, 3.05) is 18.8 Å². The minimum absolute atomic E-state index is 0.0430. The number of hydrogen-bond donors (Lipinski definition) is 3. The number of phenolic OH excluding ortho intramolecular Hbond substituents is 1. The van der Waals surface area contributed by atoms with Gasteiger partial charge in [-0.15, -0.1) is 10.2 Å². The second kappa shape index (κ2) is 6.38. The van der Waals surface area contributed by atoms with Crippen LogP contribution >= 0.6 is 0 Å².